The molecular formula is C28H29N5O3. The van der Waals surface area contributed by atoms with Gasteiger partial charge in [0.15, 0.2) is 0 Å². The van der Waals surface area contributed by atoms with Crippen LogP contribution in [-0.4, -0.2) is 31.3 Å². The molecule has 1 aliphatic carbocycles. The molecule has 36 heavy (non-hydrogen) atoms. The number of carbonyl (C=O) groups excluding carboxylic acids is 1. The number of hydrogen-bond donors (Lipinski definition) is 0. The van der Waals surface area contributed by atoms with E-state index in [4.69, 9.17) is 5.10 Å². The van der Waals surface area contributed by atoms with Gasteiger partial charge in [-0.25, -0.2) is 5.01 Å². The second-order valence-corrected chi connectivity index (χ2v) is 9.55. The van der Waals surface area contributed by atoms with Gasteiger partial charge in [0.05, 0.1) is 16.7 Å². The van der Waals surface area contributed by atoms with Gasteiger partial charge < -0.3 is 0 Å². The van der Waals surface area contributed by atoms with E-state index in [1.54, 1.807) is 0 Å². The molecule has 0 unspecified atom stereocenters. The number of aromatic nitrogens is 2. The minimum Gasteiger partial charge on any atom is -0.265 e. The van der Waals surface area contributed by atoms with Gasteiger partial charge >= 0.3 is 11.6 Å². The van der Waals surface area contributed by atoms with Crippen molar-refractivity contribution < 1.29 is 9.72 Å². The maximum atomic E-state index is 13.8. The van der Waals surface area contributed by atoms with E-state index in [9.17, 15) is 14.9 Å². The summed E-state index contributed by atoms with van der Waals surface area (Å²) in [5.74, 6) is -0.537. The van der Waals surface area contributed by atoms with Gasteiger partial charge in [-0.2, -0.15) is 10.2 Å². The predicted octanol–water partition coefficient (Wildman–Crippen LogP) is 5.86. The van der Waals surface area contributed by atoms with Crippen molar-refractivity contribution in [1.29, 1.82) is 0 Å². The van der Waals surface area contributed by atoms with Crippen molar-refractivity contribution in [3.05, 3.63) is 98.4 Å². The molecule has 0 spiro atoms. The second kappa shape index (κ2) is 9.53. The Morgan fingerprint density at radius 2 is 1.78 bits per heavy atom. The average molecular weight is 484 g/mol. The lowest BCUT2D eigenvalue weighted by atomic mass is 9.77. The molecule has 1 aliphatic heterocycles. The molecular weight excluding hydrogens is 454 g/mol. The van der Waals surface area contributed by atoms with Crippen LogP contribution in [-0.2, 0) is 6.54 Å². The third kappa shape index (κ3) is 4.34. The maximum absolute atomic E-state index is 13.8. The number of carbonyl (C=O) groups is 1. The number of amides is 1. The Balaban J connectivity index is 1.60. The zero-order valence-corrected chi connectivity index (χ0v) is 20.7. The minimum absolute atomic E-state index is 0.00872. The molecule has 1 amide bonds. The van der Waals surface area contributed by atoms with E-state index in [2.05, 4.69) is 42.4 Å². The fraction of sp³-hybridized carbons (Fsp3) is 0.321. The van der Waals surface area contributed by atoms with Crippen molar-refractivity contribution in [2.24, 2.45) is 11.0 Å². The van der Waals surface area contributed by atoms with Crippen LogP contribution in [0, 0.1) is 29.9 Å². The number of rotatable bonds is 5. The smallest absolute Gasteiger partial charge is 0.265 e. The third-order valence-corrected chi connectivity index (χ3v) is 7.01. The lowest BCUT2D eigenvalue weighted by molar-refractivity contribution is -0.385. The first-order valence-electron chi connectivity index (χ1n) is 12.3. The van der Waals surface area contributed by atoms with E-state index in [0.29, 0.717) is 6.54 Å². The summed E-state index contributed by atoms with van der Waals surface area (Å²) in [5.41, 5.74) is 5.90. The summed E-state index contributed by atoms with van der Waals surface area (Å²) in [4.78, 5) is 25.0. The van der Waals surface area contributed by atoms with Crippen LogP contribution in [0.4, 0.5) is 5.69 Å². The normalized spacial score (nSPS) is 20.4. The molecule has 3 aromatic rings. The lowest BCUT2D eigenvalue weighted by Gasteiger charge is -2.29. The lowest BCUT2D eigenvalue weighted by Crippen LogP contribution is -2.32. The van der Waals surface area contributed by atoms with E-state index in [1.165, 1.54) is 21.5 Å². The van der Waals surface area contributed by atoms with E-state index >= 15 is 0 Å². The Kier molecular flexibility index (Phi) is 6.26. The van der Waals surface area contributed by atoms with Crippen LogP contribution in [0.2, 0.25) is 0 Å². The number of nitrogens with zero attached hydrogens (tertiary/aromatic N) is 5. The van der Waals surface area contributed by atoms with Gasteiger partial charge in [0.25, 0.3) is 0 Å². The Bertz CT molecular complexity index is 1370. The summed E-state index contributed by atoms with van der Waals surface area (Å²) in [5, 5.41) is 22.3. The minimum atomic E-state index is -0.549. The second-order valence-electron chi connectivity index (χ2n) is 9.55. The van der Waals surface area contributed by atoms with Crippen LogP contribution < -0.4 is 0 Å². The highest BCUT2D eigenvalue weighted by Crippen LogP contribution is 2.45. The molecule has 2 aromatic carbocycles. The Morgan fingerprint density at radius 3 is 2.42 bits per heavy atom. The molecule has 1 aromatic heterocycles. The van der Waals surface area contributed by atoms with Crippen LogP contribution in [0.5, 0.6) is 0 Å². The van der Waals surface area contributed by atoms with Crippen molar-refractivity contribution in [3.8, 4) is 0 Å². The van der Waals surface area contributed by atoms with E-state index in [1.807, 2.05) is 38.1 Å². The van der Waals surface area contributed by atoms with Crippen molar-refractivity contribution in [1.82, 2.24) is 14.8 Å². The van der Waals surface area contributed by atoms with Crippen molar-refractivity contribution in [2.75, 3.05) is 0 Å². The highest BCUT2D eigenvalue weighted by atomic mass is 16.6. The van der Waals surface area contributed by atoms with E-state index in [-0.39, 0.29) is 23.3 Å². The quantitative estimate of drug-likeness (QED) is 0.335. The summed E-state index contributed by atoms with van der Waals surface area (Å²) in [6, 6.07) is 16.1. The largest absolute Gasteiger partial charge is 0.320 e. The average Bonchev–Trinajstić information content (AvgIpc) is 3.49. The molecule has 5 rings (SSSR count). The molecule has 1 saturated carbocycles. The van der Waals surface area contributed by atoms with E-state index < -0.39 is 10.8 Å². The van der Waals surface area contributed by atoms with Crippen LogP contribution in [0.25, 0.3) is 6.08 Å². The number of hydrazone groups is 1. The highest BCUT2D eigenvalue weighted by Gasteiger charge is 2.45. The third-order valence-electron chi connectivity index (χ3n) is 7.01. The first-order chi connectivity index (χ1) is 17.4. The molecule has 1 fully saturated rings. The molecule has 0 bridgehead atoms. The van der Waals surface area contributed by atoms with E-state index in [0.717, 1.165) is 47.2 Å². The zero-order chi connectivity index (χ0) is 25.4. The monoisotopic (exact) mass is 483 g/mol. The van der Waals surface area contributed by atoms with Gasteiger partial charge in [0, 0.05) is 12.5 Å². The molecule has 2 atom stereocenters. The van der Waals surface area contributed by atoms with Crippen LogP contribution >= 0.6 is 0 Å². The molecule has 184 valence electrons. The Labute approximate surface area is 210 Å². The molecule has 2 aliphatic rings. The number of benzene rings is 2. The first-order valence-corrected chi connectivity index (χ1v) is 12.3. The zero-order valence-electron chi connectivity index (χ0n) is 20.7. The highest BCUT2D eigenvalue weighted by molar-refractivity contribution is 6.09. The number of fused-ring (bicyclic) bond motifs is 1. The number of hydrogen-bond acceptors (Lipinski definition) is 5. The van der Waals surface area contributed by atoms with Gasteiger partial charge in [-0.3, -0.25) is 19.6 Å². The van der Waals surface area contributed by atoms with Crippen LogP contribution in [0.1, 0.15) is 65.0 Å². The SMILES string of the molecule is CCn1cc([N+](=O)[O-])c(C(=O)N2N=C3/C(=C/c4ccc(C)cc4)CCC[C@H]3[C@H]2c2ccc(C)cc2)n1. The number of nitro groups is 1. The maximum Gasteiger partial charge on any atom is 0.320 e. The fourth-order valence-electron chi connectivity index (χ4n) is 5.10. The Hall–Kier alpha value is -4.07. The number of aryl methyl sites for hydroxylation is 3. The van der Waals surface area contributed by atoms with Gasteiger partial charge in [-0.05, 0) is 62.8 Å². The van der Waals surface area contributed by atoms with Gasteiger partial charge in [-0.15, -0.1) is 0 Å². The van der Waals surface area contributed by atoms with Gasteiger partial charge in [-0.1, -0.05) is 59.7 Å². The predicted molar refractivity (Wildman–Crippen MR) is 139 cm³/mol. The van der Waals surface area contributed by atoms with Gasteiger partial charge in [0.2, 0.25) is 5.69 Å². The topological polar surface area (TPSA) is 93.6 Å². The molecule has 2 heterocycles. The van der Waals surface area contributed by atoms with Crippen molar-refractivity contribution in [3.63, 3.8) is 0 Å². The van der Waals surface area contributed by atoms with Crippen molar-refractivity contribution >= 4 is 23.4 Å². The first kappa shape index (κ1) is 23.7. The molecule has 0 N–H and O–H groups in total. The molecule has 0 saturated heterocycles. The standard InChI is InChI=1S/C28H29N5O3/c1-4-31-17-24(33(35)36)26(29-31)28(34)32-27(21-14-10-19(3)11-15-21)23-7-5-6-22(25(23)30-32)16-20-12-8-18(2)9-13-20/h8-17,23,27H,4-7H2,1-3H3/b22-16+/t23-,27-/m1/s1. The van der Waals surface area contributed by atoms with Gasteiger partial charge in [0.1, 0.15) is 6.20 Å². The summed E-state index contributed by atoms with van der Waals surface area (Å²) in [6.07, 6.45) is 6.21. The van der Waals surface area contributed by atoms with Crippen molar-refractivity contribution in [2.45, 2.75) is 52.6 Å². The fourth-order valence-corrected chi connectivity index (χ4v) is 5.10. The number of allylic oxidation sites excluding steroid dienone is 1. The van der Waals surface area contributed by atoms with Crippen LogP contribution in [0.15, 0.2) is 65.4 Å². The van der Waals surface area contributed by atoms with Crippen LogP contribution in [0.3, 0.4) is 0 Å². The summed E-state index contributed by atoms with van der Waals surface area (Å²) in [7, 11) is 0. The molecule has 0 radical (unpaired) electrons. The summed E-state index contributed by atoms with van der Waals surface area (Å²) in [6.45, 7) is 6.33. The Morgan fingerprint density at radius 1 is 1.11 bits per heavy atom. The molecule has 8 heteroatoms. The summed E-state index contributed by atoms with van der Waals surface area (Å²) >= 11 is 0. The summed E-state index contributed by atoms with van der Waals surface area (Å²) < 4.78 is 1.42. The molecule has 8 nitrogen and oxygen atoms in total.